The fourth-order valence-corrected chi connectivity index (χ4v) is 2.99. The molecule has 0 aliphatic carbocycles. The van der Waals surface area contributed by atoms with Crippen LogP contribution < -0.4 is 10.6 Å². The van der Waals surface area contributed by atoms with E-state index in [9.17, 15) is 4.79 Å². The number of piperazine rings is 1. The predicted octanol–water partition coefficient (Wildman–Crippen LogP) is -0.262. The second-order valence-corrected chi connectivity index (χ2v) is 6.06. The largest absolute Gasteiger partial charge is 0.352 e. The van der Waals surface area contributed by atoms with E-state index in [0.29, 0.717) is 6.04 Å². The van der Waals surface area contributed by atoms with Crippen molar-refractivity contribution in [3.63, 3.8) is 0 Å². The van der Waals surface area contributed by atoms with Gasteiger partial charge in [-0.05, 0) is 26.4 Å². The summed E-state index contributed by atoms with van der Waals surface area (Å²) in [6, 6.07) is 0.344. The molecule has 2 fully saturated rings. The zero-order valence-corrected chi connectivity index (χ0v) is 12.3. The summed E-state index contributed by atoms with van der Waals surface area (Å²) in [5.74, 6) is 0.309. The number of carbonyl (C=O) groups excluding carboxylic acids is 1. The third kappa shape index (κ3) is 4.75. The third-order valence-corrected chi connectivity index (χ3v) is 4.16. The van der Waals surface area contributed by atoms with Gasteiger partial charge in [-0.25, -0.2) is 0 Å². The normalized spacial score (nSPS) is 28.0. The van der Waals surface area contributed by atoms with E-state index in [1.807, 2.05) is 6.92 Å². The van der Waals surface area contributed by atoms with E-state index >= 15 is 0 Å². The summed E-state index contributed by atoms with van der Waals surface area (Å²) in [5.41, 5.74) is 0. The van der Waals surface area contributed by atoms with Crippen molar-refractivity contribution < 1.29 is 4.79 Å². The first-order chi connectivity index (χ1) is 9.15. The van der Waals surface area contributed by atoms with Gasteiger partial charge >= 0.3 is 0 Å². The molecule has 0 bridgehead atoms. The van der Waals surface area contributed by atoms with Crippen molar-refractivity contribution in [2.24, 2.45) is 5.92 Å². The average Bonchev–Trinajstić information content (AvgIpc) is 2.40. The van der Waals surface area contributed by atoms with Crippen molar-refractivity contribution in [3.8, 4) is 0 Å². The van der Waals surface area contributed by atoms with Gasteiger partial charge in [-0.15, -0.1) is 0 Å². The Balaban J connectivity index is 1.72. The number of rotatable bonds is 4. The molecule has 2 N–H and O–H groups in total. The molecule has 2 heterocycles. The van der Waals surface area contributed by atoms with Crippen molar-refractivity contribution in [1.29, 1.82) is 0 Å². The van der Waals surface area contributed by atoms with E-state index in [-0.39, 0.29) is 11.8 Å². The Morgan fingerprint density at radius 3 is 2.79 bits per heavy atom. The summed E-state index contributed by atoms with van der Waals surface area (Å²) in [7, 11) is 2.13. The third-order valence-electron chi connectivity index (χ3n) is 4.16. The minimum Gasteiger partial charge on any atom is -0.352 e. The standard InChI is InChI=1S/C14H28N4O/c1-12(10-18-8-5-15-6-9-18)14(19)16-13-4-3-7-17(2)11-13/h12-13,15H,3-11H2,1-2H3,(H,16,19). The molecule has 2 aliphatic heterocycles. The summed E-state index contributed by atoms with van der Waals surface area (Å²) < 4.78 is 0. The molecular weight excluding hydrogens is 240 g/mol. The van der Waals surface area contributed by atoms with Crippen LogP contribution in [-0.2, 0) is 4.79 Å². The van der Waals surface area contributed by atoms with E-state index in [0.717, 1.165) is 52.2 Å². The Bertz CT molecular complexity index is 291. The molecule has 2 atom stereocenters. The van der Waals surface area contributed by atoms with Gasteiger partial charge in [-0.3, -0.25) is 4.79 Å². The molecule has 0 saturated carbocycles. The highest BCUT2D eigenvalue weighted by Gasteiger charge is 2.23. The molecule has 1 amide bonds. The van der Waals surface area contributed by atoms with Crippen molar-refractivity contribution in [2.45, 2.75) is 25.8 Å². The minimum atomic E-state index is 0.0883. The number of piperidine rings is 1. The van der Waals surface area contributed by atoms with Crippen LogP contribution in [0.15, 0.2) is 0 Å². The Labute approximate surface area is 116 Å². The van der Waals surface area contributed by atoms with Crippen LogP contribution >= 0.6 is 0 Å². The summed E-state index contributed by atoms with van der Waals surface area (Å²) in [6.07, 6.45) is 2.31. The van der Waals surface area contributed by atoms with E-state index in [4.69, 9.17) is 0 Å². The van der Waals surface area contributed by atoms with E-state index in [1.165, 1.54) is 6.42 Å². The van der Waals surface area contributed by atoms with Gasteiger partial charge in [0.2, 0.25) is 5.91 Å². The monoisotopic (exact) mass is 268 g/mol. The van der Waals surface area contributed by atoms with Crippen LogP contribution in [0.5, 0.6) is 0 Å². The number of hydrogen-bond donors (Lipinski definition) is 2. The van der Waals surface area contributed by atoms with Crippen LogP contribution in [0.2, 0.25) is 0 Å². The first-order valence-corrected chi connectivity index (χ1v) is 7.57. The van der Waals surface area contributed by atoms with Gasteiger partial charge < -0.3 is 20.4 Å². The molecule has 110 valence electrons. The first-order valence-electron chi connectivity index (χ1n) is 7.57. The van der Waals surface area contributed by atoms with E-state index in [1.54, 1.807) is 0 Å². The minimum absolute atomic E-state index is 0.0883. The quantitative estimate of drug-likeness (QED) is 0.737. The molecule has 5 nitrogen and oxygen atoms in total. The van der Waals surface area contributed by atoms with E-state index < -0.39 is 0 Å². The van der Waals surface area contributed by atoms with Crippen molar-refractivity contribution in [3.05, 3.63) is 0 Å². The SMILES string of the molecule is CC(CN1CCNCC1)C(=O)NC1CCCN(C)C1. The summed E-state index contributed by atoms with van der Waals surface area (Å²) in [4.78, 5) is 16.9. The highest BCUT2D eigenvalue weighted by atomic mass is 16.2. The number of hydrogen-bond acceptors (Lipinski definition) is 4. The number of nitrogens with zero attached hydrogens (tertiary/aromatic N) is 2. The van der Waals surface area contributed by atoms with Gasteiger partial charge in [0, 0.05) is 51.2 Å². The molecule has 0 aromatic carbocycles. The molecule has 5 heteroatoms. The Morgan fingerprint density at radius 1 is 1.37 bits per heavy atom. The molecule has 0 spiro atoms. The maximum atomic E-state index is 12.2. The second-order valence-electron chi connectivity index (χ2n) is 6.06. The lowest BCUT2D eigenvalue weighted by molar-refractivity contribution is -0.126. The molecular formula is C14H28N4O. The number of carbonyl (C=O) groups is 1. The summed E-state index contributed by atoms with van der Waals surface area (Å²) >= 11 is 0. The molecule has 2 aliphatic rings. The van der Waals surface area contributed by atoms with Crippen LogP contribution in [0.3, 0.4) is 0 Å². The molecule has 0 aromatic heterocycles. The van der Waals surface area contributed by atoms with Crippen LogP contribution in [-0.4, -0.2) is 74.6 Å². The van der Waals surface area contributed by atoms with Gasteiger partial charge in [-0.2, -0.15) is 0 Å². The maximum absolute atomic E-state index is 12.2. The van der Waals surface area contributed by atoms with Gasteiger partial charge in [-0.1, -0.05) is 6.92 Å². The van der Waals surface area contributed by atoms with Crippen LogP contribution in [0.4, 0.5) is 0 Å². The predicted molar refractivity (Wildman–Crippen MR) is 77.1 cm³/mol. The first kappa shape index (κ1) is 14.8. The summed E-state index contributed by atoms with van der Waals surface area (Å²) in [5, 5.41) is 6.56. The highest BCUT2D eigenvalue weighted by molar-refractivity contribution is 5.78. The van der Waals surface area contributed by atoms with Crippen molar-refractivity contribution >= 4 is 5.91 Å². The molecule has 19 heavy (non-hydrogen) atoms. The molecule has 0 aromatic rings. The Hall–Kier alpha value is -0.650. The van der Waals surface area contributed by atoms with Crippen LogP contribution in [0, 0.1) is 5.92 Å². The Morgan fingerprint density at radius 2 is 2.11 bits per heavy atom. The lowest BCUT2D eigenvalue weighted by atomic mass is 10.0. The van der Waals surface area contributed by atoms with Crippen LogP contribution in [0.25, 0.3) is 0 Å². The lowest BCUT2D eigenvalue weighted by Gasteiger charge is -2.32. The molecule has 0 radical (unpaired) electrons. The van der Waals surface area contributed by atoms with Gasteiger partial charge in [0.1, 0.15) is 0 Å². The topological polar surface area (TPSA) is 47.6 Å². The number of nitrogens with one attached hydrogen (secondary N) is 2. The number of amides is 1. The number of likely N-dealkylation sites (tertiary alicyclic amines) is 1. The van der Waals surface area contributed by atoms with Crippen molar-refractivity contribution in [2.75, 3.05) is 52.9 Å². The zero-order valence-electron chi connectivity index (χ0n) is 12.3. The smallest absolute Gasteiger partial charge is 0.224 e. The maximum Gasteiger partial charge on any atom is 0.224 e. The fourth-order valence-electron chi connectivity index (χ4n) is 2.99. The van der Waals surface area contributed by atoms with Gasteiger partial charge in [0.15, 0.2) is 0 Å². The zero-order chi connectivity index (χ0) is 13.7. The molecule has 2 saturated heterocycles. The highest BCUT2D eigenvalue weighted by Crippen LogP contribution is 2.09. The van der Waals surface area contributed by atoms with Crippen LogP contribution in [0.1, 0.15) is 19.8 Å². The molecule has 2 rings (SSSR count). The van der Waals surface area contributed by atoms with Gasteiger partial charge in [0.25, 0.3) is 0 Å². The second kappa shape index (κ2) is 7.22. The fraction of sp³-hybridized carbons (Fsp3) is 0.929. The van der Waals surface area contributed by atoms with Gasteiger partial charge in [0.05, 0.1) is 0 Å². The lowest BCUT2D eigenvalue weighted by Crippen LogP contribution is -2.50. The number of likely N-dealkylation sites (N-methyl/N-ethyl adjacent to an activating group) is 1. The molecule has 2 unspecified atom stereocenters. The van der Waals surface area contributed by atoms with E-state index in [2.05, 4.69) is 27.5 Å². The Kier molecular flexibility index (Phi) is 5.60. The average molecular weight is 268 g/mol. The summed E-state index contributed by atoms with van der Waals surface area (Å²) in [6.45, 7) is 9.28. The van der Waals surface area contributed by atoms with Crippen molar-refractivity contribution in [1.82, 2.24) is 20.4 Å².